The third-order valence-corrected chi connectivity index (χ3v) is 2.37. The van der Waals surface area contributed by atoms with Crippen molar-refractivity contribution in [3.05, 3.63) is 42.5 Å². The highest BCUT2D eigenvalue weighted by Crippen LogP contribution is 2.09. The molecule has 0 saturated carbocycles. The SMILES string of the molecule is Cl.NC(=Nc1ccccc1)N=C(N)N1CC=CC1. The lowest BCUT2D eigenvalue weighted by Gasteiger charge is -2.15. The van der Waals surface area contributed by atoms with Gasteiger partial charge in [0.2, 0.25) is 5.96 Å². The topological polar surface area (TPSA) is 80.0 Å². The van der Waals surface area contributed by atoms with Crippen LogP contribution < -0.4 is 11.5 Å². The van der Waals surface area contributed by atoms with Crippen molar-refractivity contribution in [2.45, 2.75) is 0 Å². The van der Waals surface area contributed by atoms with E-state index in [-0.39, 0.29) is 18.4 Å². The first-order chi connectivity index (χ1) is 8.25. The van der Waals surface area contributed by atoms with Crippen LogP contribution in [0, 0.1) is 0 Å². The summed E-state index contributed by atoms with van der Waals surface area (Å²) in [5.41, 5.74) is 12.3. The second-order valence-corrected chi connectivity index (χ2v) is 3.65. The van der Waals surface area contributed by atoms with Crippen LogP contribution >= 0.6 is 12.4 Å². The minimum absolute atomic E-state index is 0. The Labute approximate surface area is 112 Å². The molecule has 0 spiro atoms. The molecule has 1 aromatic carbocycles. The van der Waals surface area contributed by atoms with Gasteiger partial charge in [-0.1, -0.05) is 30.4 Å². The van der Waals surface area contributed by atoms with Crippen molar-refractivity contribution in [1.29, 1.82) is 0 Å². The Morgan fingerprint density at radius 2 is 1.67 bits per heavy atom. The van der Waals surface area contributed by atoms with E-state index in [1.54, 1.807) is 0 Å². The zero-order valence-electron chi connectivity index (χ0n) is 9.86. The summed E-state index contributed by atoms with van der Waals surface area (Å²) in [6.07, 6.45) is 4.07. The van der Waals surface area contributed by atoms with Crippen LogP contribution in [0.4, 0.5) is 5.69 Å². The van der Waals surface area contributed by atoms with Gasteiger partial charge in [-0.05, 0) is 12.1 Å². The maximum absolute atomic E-state index is 5.81. The van der Waals surface area contributed by atoms with E-state index in [1.807, 2.05) is 47.4 Å². The number of nitrogens with zero attached hydrogens (tertiary/aromatic N) is 3. The molecule has 0 saturated heterocycles. The molecule has 1 aromatic rings. The van der Waals surface area contributed by atoms with Crippen LogP contribution in [0.3, 0.4) is 0 Å². The molecule has 2 rings (SSSR count). The van der Waals surface area contributed by atoms with Crippen molar-refractivity contribution in [2.24, 2.45) is 21.5 Å². The van der Waals surface area contributed by atoms with Crippen molar-refractivity contribution in [3.8, 4) is 0 Å². The number of hydrogen-bond acceptors (Lipinski definition) is 1. The monoisotopic (exact) mass is 265 g/mol. The highest BCUT2D eigenvalue weighted by Gasteiger charge is 2.08. The third-order valence-electron chi connectivity index (χ3n) is 2.37. The quantitative estimate of drug-likeness (QED) is 0.455. The van der Waals surface area contributed by atoms with Crippen molar-refractivity contribution >= 4 is 30.0 Å². The summed E-state index contributed by atoms with van der Waals surface area (Å²) in [5, 5.41) is 0. The molecule has 0 aromatic heterocycles. The number of aliphatic imine (C=N–C) groups is 2. The van der Waals surface area contributed by atoms with E-state index in [0.717, 1.165) is 18.8 Å². The first kappa shape index (κ1) is 14.1. The van der Waals surface area contributed by atoms with Gasteiger partial charge in [-0.15, -0.1) is 12.4 Å². The Kier molecular flexibility index (Phi) is 5.20. The van der Waals surface area contributed by atoms with Gasteiger partial charge in [0.1, 0.15) is 0 Å². The van der Waals surface area contributed by atoms with Crippen LogP contribution in [0.5, 0.6) is 0 Å². The van der Waals surface area contributed by atoms with Crippen molar-refractivity contribution in [3.63, 3.8) is 0 Å². The second-order valence-electron chi connectivity index (χ2n) is 3.65. The molecule has 1 aliphatic heterocycles. The lowest BCUT2D eigenvalue weighted by molar-refractivity contribution is 0.534. The van der Waals surface area contributed by atoms with E-state index in [2.05, 4.69) is 9.98 Å². The summed E-state index contributed by atoms with van der Waals surface area (Å²) in [6.45, 7) is 1.54. The van der Waals surface area contributed by atoms with E-state index in [0.29, 0.717) is 5.96 Å². The molecule has 0 unspecified atom stereocenters. The predicted molar refractivity (Wildman–Crippen MR) is 77.3 cm³/mol. The minimum atomic E-state index is 0. The van der Waals surface area contributed by atoms with Crippen molar-refractivity contribution in [2.75, 3.05) is 13.1 Å². The Morgan fingerprint density at radius 1 is 1.06 bits per heavy atom. The second kappa shape index (κ2) is 6.66. The van der Waals surface area contributed by atoms with Gasteiger partial charge in [0.05, 0.1) is 5.69 Å². The van der Waals surface area contributed by atoms with E-state index in [1.165, 1.54) is 0 Å². The van der Waals surface area contributed by atoms with Crippen molar-refractivity contribution in [1.82, 2.24) is 4.90 Å². The van der Waals surface area contributed by atoms with Crippen LogP contribution in [0.25, 0.3) is 0 Å². The maximum Gasteiger partial charge on any atom is 0.223 e. The van der Waals surface area contributed by atoms with E-state index < -0.39 is 0 Å². The fourth-order valence-corrected chi connectivity index (χ4v) is 1.51. The highest BCUT2D eigenvalue weighted by atomic mass is 35.5. The predicted octanol–water partition coefficient (Wildman–Crippen LogP) is 1.24. The first-order valence-corrected chi connectivity index (χ1v) is 5.39. The van der Waals surface area contributed by atoms with Gasteiger partial charge < -0.3 is 16.4 Å². The molecule has 0 fully saturated rings. The normalized spacial score (nSPS) is 15.7. The molecule has 1 heterocycles. The summed E-state index contributed by atoms with van der Waals surface area (Å²) in [5.74, 6) is 0.563. The summed E-state index contributed by atoms with van der Waals surface area (Å²) in [7, 11) is 0. The molecule has 6 heteroatoms. The standard InChI is InChI=1S/C12H15N5.ClH/c13-11(15-10-6-2-1-3-7-10)16-12(14)17-8-4-5-9-17;/h1-7H,8-9H2,(H4,13,14,15,16);1H. The number of nitrogens with two attached hydrogens (primary N) is 2. The Hall–Kier alpha value is -2.01. The average Bonchev–Trinajstić information content (AvgIpc) is 2.83. The highest BCUT2D eigenvalue weighted by molar-refractivity contribution is 5.94. The molecule has 0 atom stereocenters. The fourth-order valence-electron chi connectivity index (χ4n) is 1.51. The van der Waals surface area contributed by atoms with Gasteiger partial charge in [-0.2, -0.15) is 4.99 Å². The van der Waals surface area contributed by atoms with E-state index in [9.17, 15) is 0 Å². The number of guanidine groups is 2. The fraction of sp³-hybridized carbons (Fsp3) is 0.167. The molecular formula is C12H16ClN5. The zero-order valence-corrected chi connectivity index (χ0v) is 10.7. The summed E-state index contributed by atoms with van der Waals surface area (Å²) >= 11 is 0. The molecule has 0 bridgehead atoms. The molecule has 0 amide bonds. The summed E-state index contributed by atoms with van der Waals surface area (Å²) in [6, 6.07) is 9.42. The molecule has 0 radical (unpaired) electrons. The maximum atomic E-state index is 5.81. The van der Waals surface area contributed by atoms with Gasteiger partial charge >= 0.3 is 0 Å². The Bertz CT molecular complexity index is 459. The molecule has 4 N–H and O–H groups in total. The molecule has 5 nitrogen and oxygen atoms in total. The van der Waals surface area contributed by atoms with Crippen LogP contribution in [0.15, 0.2) is 52.5 Å². The van der Waals surface area contributed by atoms with Gasteiger partial charge in [-0.3, -0.25) is 0 Å². The van der Waals surface area contributed by atoms with E-state index >= 15 is 0 Å². The molecule has 1 aliphatic rings. The molecule has 0 aliphatic carbocycles. The third kappa shape index (κ3) is 3.78. The number of benzene rings is 1. The van der Waals surface area contributed by atoms with Gasteiger partial charge in [-0.25, -0.2) is 4.99 Å². The van der Waals surface area contributed by atoms with Crippen molar-refractivity contribution < 1.29 is 0 Å². The smallest absolute Gasteiger partial charge is 0.223 e. The summed E-state index contributed by atoms with van der Waals surface area (Å²) < 4.78 is 0. The van der Waals surface area contributed by atoms with Crippen LogP contribution in [-0.4, -0.2) is 29.9 Å². The number of halogens is 1. The minimum Gasteiger partial charge on any atom is -0.369 e. The zero-order chi connectivity index (χ0) is 12.1. The van der Waals surface area contributed by atoms with Gasteiger partial charge in [0.25, 0.3) is 0 Å². The molecule has 96 valence electrons. The first-order valence-electron chi connectivity index (χ1n) is 5.39. The lowest BCUT2D eigenvalue weighted by Crippen LogP contribution is -2.36. The Balaban J connectivity index is 0.00000162. The van der Waals surface area contributed by atoms with Crippen LogP contribution in [-0.2, 0) is 0 Å². The number of para-hydroxylation sites is 1. The van der Waals surface area contributed by atoms with Crippen LogP contribution in [0.2, 0.25) is 0 Å². The number of rotatable bonds is 1. The largest absolute Gasteiger partial charge is 0.369 e. The Morgan fingerprint density at radius 3 is 2.28 bits per heavy atom. The molecular weight excluding hydrogens is 250 g/mol. The lowest BCUT2D eigenvalue weighted by atomic mass is 10.3. The molecule has 18 heavy (non-hydrogen) atoms. The summed E-state index contributed by atoms with van der Waals surface area (Å²) in [4.78, 5) is 10.1. The van der Waals surface area contributed by atoms with Gasteiger partial charge in [0, 0.05) is 13.1 Å². The van der Waals surface area contributed by atoms with E-state index in [4.69, 9.17) is 11.5 Å². The number of hydrogen-bond donors (Lipinski definition) is 2. The van der Waals surface area contributed by atoms with Gasteiger partial charge in [0.15, 0.2) is 5.96 Å². The average molecular weight is 266 g/mol. The van der Waals surface area contributed by atoms with Crippen LogP contribution in [0.1, 0.15) is 0 Å².